The summed E-state index contributed by atoms with van der Waals surface area (Å²) in [6, 6.07) is 2.56. The minimum Gasteiger partial charge on any atom is -0.311 e. The number of hydrogen-bond donors (Lipinski definition) is 0. The van der Waals surface area contributed by atoms with Crippen LogP contribution in [0.4, 0.5) is 0 Å². The highest BCUT2D eigenvalue weighted by Crippen LogP contribution is 2.25. The number of pyridine rings is 1. The fraction of sp³-hybridized carbons (Fsp3) is 0.625. The molecule has 0 saturated carbocycles. The van der Waals surface area contributed by atoms with Crippen LogP contribution >= 0.6 is 11.6 Å². The summed E-state index contributed by atoms with van der Waals surface area (Å²) in [4.78, 5) is 11.6. The van der Waals surface area contributed by atoms with E-state index in [4.69, 9.17) is 16.6 Å². The Bertz CT molecular complexity index is 604. The topological polar surface area (TPSA) is 34.0 Å². The van der Waals surface area contributed by atoms with E-state index in [1.807, 2.05) is 19.2 Å². The van der Waals surface area contributed by atoms with E-state index < -0.39 is 0 Å². The van der Waals surface area contributed by atoms with Crippen LogP contribution in [-0.2, 0) is 6.54 Å². The molecule has 0 bridgehead atoms. The fourth-order valence-corrected chi connectivity index (χ4v) is 2.58. The van der Waals surface area contributed by atoms with Gasteiger partial charge in [-0.05, 0) is 59.3 Å². The SMILES string of the molecule is Cc1ccnc2c1nc(C(C)Cl)n2CCCN(C)C(C)C. The predicted molar refractivity (Wildman–Crippen MR) is 88.9 cm³/mol. The molecule has 2 heterocycles. The molecule has 0 radical (unpaired) electrons. The predicted octanol–water partition coefficient (Wildman–Crippen LogP) is 3.77. The van der Waals surface area contributed by atoms with Crippen molar-refractivity contribution in [3.63, 3.8) is 0 Å². The molecule has 2 rings (SSSR count). The van der Waals surface area contributed by atoms with Gasteiger partial charge in [-0.3, -0.25) is 0 Å². The van der Waals surface area contributed by atoms with Crippen LogP contribution in [-0.4, -0.2) is 39.1 Å². The van der Waals surface area contributed by atoms with E-state index in [9.17, 15) is 0 Å². The second-order valence-electron chi connectivity index (χ2n) is 5.97. The number of fused-ring (bicyclic) bond motifs is 1. The molecule has 0 aromatic carbocycles. The smallest absolute Gasteiger partial charge is 0.160 e. The van der Waals surface area contributed by atoms with Gasteiger partial charge in [0.1, 0.15) is 11.3 Å². The average Bonchev–Trinajstić information content (AvgIpc) is 2.79. The molecule has 0 spiro atoms. The zero-order valence-electron chi connectivity index (χ0n) is 13.6. The van der Waals surface area contributed by atoms with Gasteiger partial charge in [0.2, 0.25) is 0 Å². The van der Waals surface area contributed by atoms with Crippen LogP contribution in [0, 0.1) is 6.92 Å². The van der Waals surface area contributed by atoms with E-state index in [0.29, 0.717) is 6.04 Å². The fourth-order valence-electron chi connectivity index (χ4n) is 2.42. The van der Waals surface area contributed by atoms with Crippen molar-refractivity contribution in [2.24, 2.45) is 0 Å². The quantitative estimate of drug-likeness (QED) is 0.762. The molecular formula is C16H25ClN4. The largest absolute Gasteiger partial charge is 0.311 e. The molecule has 2 aromatic heterocycles. The van der Waals surface area contributed by atoms with Crippen LogP contribution < -0.4 is 0 Å². The maximum atomic E-state index is 6.30. The summed E-state index contributed by atoms with van der Waals surface area (Å²) >= 11 is 6.30. The van der Waals surface area contributed by atoms with Gasteiger partial charge in [-0.2, -0.15) is 0 Å². The first-order valence-electron chi connectivity index (χ1n) is 7.58. The third-order valence-corrected chi connectivity index (χ3v) is 4.19. The van der Waals surface area contributed by atoms with Gasteiger partial charge in [-0.25, -0.2) is 9.97 Å². The summed E-state index contributed by atoms with van der Waals surface area (Å²) in [6.45, 7) is 10.4. The first-order chi connectivity index (χ1) is 9.91. The highest BCUT2D eigenvalue weighted by molar-refractivity contribution is 6.20. The van der Waals surface area contributed by atoms with Gasteiger partial charge in [-0.1, -0.05) is 0 Å². The van der Waals surface area contributed by atoms with Gasteiger partial charge < -0.3 is 9.47 Å². The van der Waals surface area contributed by atoms with Crippen molar-refractivity contribution < 1.29 is 0 Å². The van der Waals surface area contributed by atoms with Crippen LogP contribution in [0.5, 0.6) is 0 Å². The average molecular weight is 309 g/mol. The molecule has 116 valence electrons. The number of rotatable bonds is 6. The number of halogens is 1. The van der Waals surface area contributed by atoms with Crippen molar-refractivity contribution in [2.45, 2.75) is 52.1 Å². The monoisotopic (exact) mass is 308 g/mol. The molecular weight excluding hydrogens is 284 g/mol. The molecule has 0 fully saturated rings. The van der Waals surface area contributed by atoms with Crippen molar-refractivity contribution in [2.75, 3.05) is 13.6 Å². The first kappa shape index (κ1) is 16.2. The van der Waals surface area contributed by atoms with E-state index in [1.165, 1.54) is 0 Å². The molecule has 0 N–H and O–H groups in total. The Hall–Kier alpha value is -1.13. The lowest BCUT2D eigenvalue weighted by molar-refractivity contribution is 0.265. The normalized spacial score (nSPS) is 13.5. The third kappa shape index (κ3) is 3.55. The zero-order valence-corrected chi connectivity index (χ0v) is 14.4. The Labute approximate surface area is 132 Å². The Balaban J connectivity index is 2.25. The molecule has 1 atom stereocenters. The van der Waals surface area contributed by atoms with Crippen LogP contribution in [0.1, 0.15) is 44.0 Å². The maximum Gasteiger partial charge on any atom is 0.160 e. The lowest BCUT2D eigenvalue weighted by Crippen LogP contribution is -2.28. The summed E-state index contributed by atoms with van der Waals surface area (Å²) < 4.78 is 2.17. The zero-order chi connectivity index (χ0) is 15.6. The van der Waals surface area contributed by atoms with E-state index in [2.05, 4.69) is 42.3 Å². The first-order valence-corrected chi connectivity index (χ1v) is 8.01. The Kier molecular flexibility index (Phi) is 5.22. The Morgan fingerprint density at radius 1 is 1.33 bits per heavy atom. The van der Waals surface area contributed by atoms with Crippen LogP contribution in [0.3, 0.4) is 0 Å². The second-order valence-corrected chi connectivity index (χ2v) is 6.62. The number of hydrogen-bond acceptors (Lipinski definition) is 3. The minimum absolute atomic E-state index is 0.110. The molecule has 1 unspecified atom stereocenters. The molecule has 4 nitrogen and oxygen atoms in total. The standard InChI is InChI=1S/C16H25ClN4/c1-11(2)20(5)9-6-10-21-15(13(4)17)19-14-12(3)7-8-18-16(14)21/h7-8,11,13H,6,9-10H2,1-5H3. The van der Waals surface area contributed by atoms with Gasteiger partial charge in [0.25, 0.3) is 0 Å². The summed E-state index contributed by atoms with van der Waals surface area (Å²) in [5.41, 5.74) is 3.07. The van der Waals surface area contributed by atoms with E-state index in [1.54, 1.807) is 0 Å². The molecule has 0 aliphatic rings. The van der Waals surface area contributed by atoms with Crippen LogP contribution in [0.2, 0.25) is 0 Å². The summed E-state index contributed by atoms with van der Waals surface area (Å²) in [5.74, 6) is 0.917. The molecule has 5 heteroatoms. The number of aromatic nitrogens is 3. The van der Waals surface area contributed by atoms with Crippen molar-refractivity contribution in [1.29, 1.82) is 0 Å². The second kappa shape index (κ2) is 6.75. The van der Waals surface area contributed by atoms with Gasteiger partial charge in [0, 0.05) is 18.8 Å². The molecule has 0 aliphatic carbocycles. The summed E-state index contributed by atoms with van der Waals surface area (Å²) in [7, 11) is 2.16. The number of imidazole rings is 1. The van der Waals surface area contributed by atoms with Crippen molar-refractivity contribution in [3.8, 4) is 0 Å². The Morgan fingerprint density at radius 3 is 2.67 bits per heavy atom. The molecule has 0 amide bonds. The number of aryl methyl sites for hydroxylation is 2. The number of alkyl halides is 1. The van der Waals surface area contributed by atoms with Gasteiger partial charge in [0.15, 0.2) is 5.65 Å². The van der Waals surface area contributed by atoms with Crippen LogP contribution in [0.15, 0.2) is 12.3 Å². The Morgan fingerprint density at radius 2 is 2.05 bits per heavy atom. The molecule has 21 heavy (non-hydrogen) atoms. The third-order valence-electron chi connectivity index (χ3n) is 4.00. The van der Waals surface area contributed by atoms with E-state index >= 15 is 0 Å². The highest BCUT2D eigenvalue weighted by atomic mass is 35.5. The van der Waals surface area contributed by atoms with E-state index in [0.717, 1.165) is 42.1 Å². The van der Waals surface area contributed by atoms with Crippen molar-refractivity contribution >= 4 is 22.8 Å². The van der Waals surface area contributed by atoms with E-state index in [-0.39, 0.29) is 5.38 Å². The number of nitrogens with zero attached hydrogens (tertiary/aromatic N) is 4. The lowest BCUT2D eigenvalue weighted by Gasteiger charge is -2.21. The van der Waals surface area contributed by atoms with Crippen molar-refractivity contribution in [1.82, 2.24) is 19.4 Å². The van der Waals surface area contributed by atoms with Gasteiger partial charge in [-0.15, -0.1) is 11.6 Å². The molecule has 0 aliphatic heterocycles. The molecule has 2 aromatic rings. The summed E-state index contributed by atoms with van der Waals surface area (Å²) in [5, 5.41) is -0.110. The molecule has 0 saturated heterocycles. The van der Waals surface area contributed by atoms with Gasteiger partial charge >= 0.3 is 0 Å². The van der Waals surface area contributed by atoms with Crippen molar-refractivity contribution in [3.05, 3.63) is 23.7 Å². The van der Waals surface area contributed by atoms with Crippen LogP contribution in [0.25, 0.3) is 11.2 Å². The lowest BCUT2D eigenvalue weighted by atomic mass is 10.3. The highest BCUT2D eigenvalue weighted by Gasteiger charge is 2.17. The minimum atomic E-state index is -0.110. The summed E-state index contributed by atoms with van der Waals surface area (Å²) in [6.07, 6.45) is 2.91. The van der Waals surface area contributed by atoms with Gasteiger partial charge in [0.05, 0.1) is 5.38 Å². The maximum absolute atomic E-state index is 6.30.